The Balaban J connectivity index is 2.94. The van der Waals surface area contributed by atoms with Crippen molar-refractivity contribution in [2.45, 2.75) is 0 Å². The van der Waals surface area contributed by atoms with Crippen molar-refractivity contribution in [2.75, 3.05) is 6.67 Å². The Hall–Kier alpha value is -0.590. The maximum absolute atomic E-state index is 11.0. The number of alkyl halides is 1. The van der Waals surface area contributed by atoms with Gasteiger partial charge in [-0.15, -0.1) is 0 Å². The summed E-state index contributed by atoms with van der Waals surface area (Å²) in [6.45, 7) is 4.40. The Kier molecular flexibility index (Phi) is 3.98. The molecule has 0 aromatic heterocycles. The van der Waals surface area contributed by atoms with Gasteiger partial charge in [-0.2, -0.15) is 0 Å². The van der Waals surface area contributed by atoms with E-state index >= 15 is 0 Å². The van der Waals surface area contributed by atoms with E-state index < -0.39 is 6.67 Å². The van der Waals surface area contributed by atoms with Gasteiger partial charge in [-0.3, -0.25) is 0 Å². The number of rotatable bonds is 2. The lowest BCUT2D eigenvalue weighted by Crippen LogP contribution is -1.55. The molecule has 33 valence electrons. The lowest BCUT2D eigenvalue weighted by atomic mass is 10.5. The van der Waals surface area contributed by atoms with Crippen molar-refractivity contribution >= 4 is 0 Å². The molecule has 0 rings (SSSR count). The van der Waals surface area contributed by atoms with E-state index in [2.05, 4.69) is 0 Å². The summed E-state index contributed by atoms with van der Waals surface area (Å²) in [5.74, 6) is 0. The Labute approximate surface area is 37.0 Å². The summed E-state index contributed by atoms with van der Waals surface area (Å²) in [4.78, 5) is 0. The minimum Gasteiger partial charge on any atom is -0.247 e. The number of halogens is 1. The Morgan fingerprint density at radius 3 is 2.50 bits per heavy atom. The molecule has 0 heterocycles. The van der Waals surface area contributed by atoms with Crippen molar-refractivity contribution in [1.82, 2.24) is 0 Å². The molecule has 0 bridgehead atoms. The monoisotopic (exact) mass is 85.0 g/mol. The standard InChI is InChI=1S/C5H6F/c1-2-3-4-5-6/h1-4H,5H2/b2-1?,4-3+. The smallest absolute Gasteiger partial charge is 0.108 e. The van der Waals surface area contributed by atoms with Gasteiger partial charge in [0.25, 0.3) is 0 Å². The fourth-order valence-corrected chi connectivity index (χ4v) is 0.130. The maximum Gasteiger partial charge on any atom is 0.108 e. The van der Waals surface area contributed by atoms with Gasteiger partial charge >= 0.3 is 0 Å². The largest absolute Gasteiger partial charge is 0.247 e. The van der Waals surface area contributed by atoms with Crippen molar-refractivity contribution < 1.29 is 4.39 Å². The first kappa shape index (κ1) is 5.41. The maximum atomic E-state index is 11.0. The molecular formula is C5H6F. The van der Waals surface area contributed by atoms with Crippen LogP contribution in [0, 0.1) is 6.58 Å². The minimum atomic E-state index is -0.437. The fourth-order valence-electron chi connectivity index (χ4n) is 0.130. The van der Waals surface area contributed by atoms with Gasteiger partial charge in [-0.25, -0.2) is 4.39 Å². The molecule has 0 saturated heterocycles. The molecule has 0 nitrogen and oxygen atoms in total. The van der Waals surface area contributed by atoms with Gasteiger partial charge in [-0.05, 0) is 0 Å². The molecule has 1 radical (unpaired) electrons. The van der Waals surface area contributed by atoms with E-state index in [4.69, 9.17) is 6.58 Å². The van der Waals surface area contributed by atoms with Gasteiger partial charge < -0.3 is 0 Å². The summed E-state index contributed by atoms with van der Waals surface area (Å²) in [6.07, 6.45) is 4.08. The van der Waals surface area contributed by atoms with Gasteiger partial charge in [0.1, 0.15) is 6.67 Å². The highest BCUT2D eigenvalue weighted by molar-refractivity contribution is 4.94. The molecule has 0 amide bonds. The summed E-state index contributed by atoms with van der Waals surface area (Å²) < 4.78 is 11.0. The molecular weight excluding hydrogens is 79.1 g/mol. The lowest BCUT2D eigenvalue weighted by Gasteiger charge is -1.65. The van der Waals surface area contributed by atoms with E-state index in [-0.39, 0.29) is 0 Å². The molecule has 0 saturated carbocycles. The average Bonchev–Trinajstić information content (AvgIpc) is 1.61. The van der Waals surface area contributed by atoms with E-state index in [9.17, 15) is 4.39 Å². The van der Waals surface area contributed by atoms with Crippen LogP contribution in [0.2, 0.25) is 0 Å². The Bertz CT molecular complexity index is 55.0. The van der Waals surface area contributed by atoms with Crippen LogP contribution in [0.5, 0.6) is 0 Å². The topological polar surface area (TPSA) is 0 Å². The first-order valence-corrected chi connectivity index (χ1v) is 1.68. The average molecular weight is 85.1 g/mol. The highest BCUT2D eigenvalue weighted by atomic mass is 19.1. The van der Waals surface area contributed by atoms with Crippen LogP contribution in [0.25, 0.3) is 0 Å². The second-order valence-corrected chi connectivity index (χ2v) is 0.775. The van der Waals surface area contributed by atoms with Crippen molar-refractivity contribution in [3.05, 3.63) is 24.8 Å². The number of hydrogen-bond acceptors (Lipinski definition) is 0. The van der Waals surface area contributed by atoms with Crippen molar-refractivity contribution in [1.29, 1.82) is 0 Å². The molecule has 0 aromatic carbocycles. The second kappa shape index (κ2) is 4.41. The summed E-state index contributed by atoms with van der Waals surface area (Å²) in [5.41, 5.74) is 0. The summed E-state index contributed by atoms with van der Waals surface area (Å²) in [7, 11) is 0. The van der Waals surface area contributed by atoms with Crippen LogP contribution >= 0.6 is 0 Å². The highest BCUT2D eigenvalue weighted by Crippen LogP contribution is 1.71. The third-order valence-electron chi connectivity index (χ3n) is 0.336. The SMILES string of the molecule is [CH]=C/C=C/CF. The molecule has 0 spiro atoms. The molecule has 0 aromatic rings. The quantitative estimate of drug-likeness (QED) is 0.446. The molecule has 0 fully saturated rings. The van der Waals surface area contributed by atoms with Crippen LogP contribution in [0.1, 0.15) is 0 Å². The molecule has 0 atom stereocenters. The van der Waals surface area contributed by atoms with Crippen LogP contribution in [-0.2, 0) is 0 Å². The predicted molar refractivity (Wildman–Crippen MR) is 24.0 cm³/mol. The van der Waals surface area contributed by atoms with Crippen molar-refractivity contribution in [2.24, 2.45) is 0 Å². The Morgan fingerprint density at radius 2 is 2.33 bits per heavy atom. The molecule has 6 heavy (non-hydrogen) atoms. The third kappa shape index (κ3) is 3.41. The lowest BCUT2D eigenvalue weighted by molar-refractivity contribution is 0.562. The van der Waals surface area contributed by atoms with Crippen molar-refractivity contribution in [3.8, 4) is 0 Å². The Morgan fingerprint density at radius 1 is 1.67 bits per heavy atom. The van der Waals surface area contributed by atoms with E-state index in [0.717, 1.165) is 0 Å². The van der Waals surface area contributed by atoms with Gasteiger partial charge in [0.2, 0.25) is 0 Å². The molecule has 1 heteroatoms. The summed E-state index contributed by atoms with van der Waals surface area (Å²) >= 11 is 0. The normalized spacial score (nSPS) is 9.50. The van der Waals surface area contributed by atoms with Crippen LogP contribution < -0.4 is 0 Å². The number of hydrogen-bond donors (Lipinski definition) is 0. The molecule has 0 aliphatic heterocycles. The van der Waals surface area contributed by atoms with E-state index in [1.807, 2.05) is 0 Å². The summed E-state index contributed by atoms with van der Waals surface area (Å²) in [5, 5.41) is 0. The van der Waals surface area contributed by atoms with Crippen LogP contribution in [-0.4, -0.2) is 6.67 Å². The van der Waals surface area contributed by atoms with Gasteiger partial charge in [0.05, 0.1) is 0 Å². The van der Waals surface area contributed by atoms with E-state index in [0.29, 0.717) is 0 Å². The van der Waals surface area contributed by atoms with Crippen molar-refractivity contribution in [3.63, 3.8) is 0 Å². The number of allylic oxidation sites excluding steroid dienone is 3. The van der Waals surface area contributed by atoms with Gasteiger partial charge in [0, 0.05) is 0 Å². The van der Waals surface area contributed by atoms with Crippen LogP contribution in [0.3, 0.4) is 0 Å². The predicted octanol–water partition coefficient (Wildman–Crippen LogP) is 1.50. The molecule has 0 aliphatic carbocycles. The first-order chi connectivity index (χ1) is 2.91. The fraction of sp³-hybridized carbons (Fsp3) is 0.200. The molecule has 0 N–H and O–H groups in total. The third-order valence-corrected chi connectivity index (χ3v) is 0.336. The van der Waals surface area contributed by atoms with Gasteiger partial charge in [-0.1, -0.05) is 24.8 Å². The van der Waals surface area contributed by atoms with E-state index in [1.165, 1.54) is 18.2 Å². The second-order valence-electron chi connectivity index (χ2n) is 0.775. The van der Waals surface area contributed by atoms with Gasteiger partial charge in [0.15, 0.2) is 0 Å². The summed E-state index contributed by atoms with van der Waals surface area (Å²) in [6, 6.07) is 0. The first-order valence-electron chi connectivity index (χ1n) is 1.68. The zero-order chi connectivity index (χ0) is 4.83. The zero-order valence-electron chi connectivity index (χ0n) is 3.39. The van der Waals surface area contributed by atoms with Crippen LogP contribution in [0.4, 0.5) is 4.39 Å². The zero-order valence-corrected chi connectivity index (χ0v) is 3.39. The molecule has 0 unspecified atom stereocenters. The van der Waals surface area contributed by atoms with E-state index in [1.54, 1.807) is 0 Å². The molecule has 0 aliphatic rings. The van der Waals surface area contributed by atoms with Crippen LogP contribution in [0.15, 0.2) is 18.2 Å². The highest BCUT2D eigenvalue weighted by Gasteiger charge is 1.58. The minimum absolute atomic E-state index is 0.437.